The molecule has 0 saturated carbocycles. The van der Waals surface area contributed by atoms with E-state index in [4.69, 9.17) is 30.5 Å². The second-order valence-electron chi connectivity index (χ2n) is 7.21. The molecule has 0 saturated heterocycles. The van der Waals surface area contributed by atoms with Gasteiger partial charge in [0, 0.05) is 18.6 Å². The van der Waals surface area contributed by atoms with Crippen LogP contribution in [0.4, 0.5) is 13.2 Å². The van der Waals surface area contributed by atoms with Crippen molar-refractivity contribution in [1.82, 2.24) is 0 Å². The maximum Gasteiger partial charge on any atom is 0.422 e. The minimum Gasteiger partial charge on any atom is -0.493 e. The Hall–Kier alpha value is -2.81. The summed E-state index contributed by atoms with van der Waals surface area (Å²) < 4.78 is 63.4. The fourth-order valence-corrected chi connectivity index (χ4v) is 3.35. The maximum atomic E-state index is 12.2. The molecule has 10 heteroatoms. The molecule has 0 aromatic heterocycles. The fraction of sp³-hybridized carbons (Fsp3) is 0.435. The van der Waals surface area contributed by atoms with E-state index in [9.17, 15) is 18.0 Å². The molecule has 1 heterocycles. The van der Waals surface area contributed by atoms with Crippen LogP contribution in [-0.4, -0.2) is 44.7 Å². The van der Waals surface area contributed by atoms with Crippen LogP contribution in [0.5, 0.6) is 23.0 Å². The van der Waals surface area contributed by atoms with E-state index in [1.165, 1.54) is 18.2 Å². The summed E-state index contributed by atoms with van der Waals surface area (Å²) in [5.41, 5.74) is 1.00. The quantitative estimate of drug-likeness (QED) is 0.330. The molecule has 0 N–H and O–H groups in total. The molecule has 1 aliphatic rings. The van der Waals surface area contributed by atoms with E-state index in [-0.39, 0.29) is 23.3 Å². The molecule has 33 heavy (non-hydrogen) atoms. The van der Waals surface area contributed by atoms with Gasteiger partial charge in [0.25, 0.3) is 0 Å². The predicted octanol–water partition coefficient (Wildman–Crippen LogP) is 5.39. The lowest BCUT2D eigenvalue weighted by molar-refractivity contribution is -0.153. The van der Waals surface area contributed by atoms with Gasteiger partial charge in [-0.3, -0.25) is 0 Å². The van der Waals surface area contributed by atoms with Crippen molar-refractivity contribution in [2.75, 3.05) is 26.4 Å². The van der Waals surface area contributed by atoms with Gasteiger partial charge >= 0.3 is 12.1 Å². The Morgan fingerprint density at radius 2 is 1.82 bits per heavy atom. The molecule has 0 amide bonds. The molecule has 1 aliphatic heterocycles. The lowest BCUT2D eigenvalue weighted by Gasteiger charge is -2.25. The molecule has 0 bridgehead atoms. The van der Waals surface area contributed by atoms with Gasteiger partial charge in [0.2, 0.25) is 0 Å². The third kappa shape index (κ3) is 7.63. The Morgan fingerprint density at radius 3 is 2.55 bits per heavy atom. The van der Waals surface area contributed by atoms with E-state index < -0.39 is 18.9 Å². The Morgan fingerprint density at radius 1 is 1.09 bits per heavy atom. The first-order valence-corrected chi connectivity index (χ1v) is 10.8. The summed E-state index contributed by atoms with van der Waals surface area (Å²) in [4.78, 5) is 11.9. The van der Waals surface area contributed by atoms with E-state index in [0.29, 0.717) is 49.7 Å². The fourth-order valence-electron chi connectivity index (χ4n) is 3.13. The largest absolute Gasteiger partial charge is 0.493 e. The van der Waals surface area contributed by atoms with E-state index in [0.717, 1.165) is 5.56 Å². The van der Waals surface area contributed by atoms with Crippen molar-refractivity contribution in [3.05, 3.63) is 47.0 Å². The summed E-state index contributed by atoms with van der Waals surface area (Å²) in [7, 11) is 0. The molecule has 0 aliphatic carbocycles. The maximum absolute atomic E-state index is 12.2. The Balaban J connectivity index is 1.43. The second-order valence-corrected chi connectivity index (χ2v) is 7.62. The normalized spacial score (nSPS) is 15.2. The highest BCUT2D eigenvalue weighted by molar-refractivity contribution is 6.32. The number of hydrogen-bond donors (Lipinski definition) is 0. The van der Waals surface area contributed by atoms with Crippen LogP contribution in [0.3, 0.4) is 0 Å². The molecule has 0 radical (unpaired) electrons. The minimum atomic E-state index is -4.42. The van der Waals surface area contributed by atoms with Gasteiger partial charge in [-0.05, 0) is 43.5 Å². The zero-order valence-corrected chi connectivity index (χ0v) is 18.7. The molecular weight excluding hydrogens is 465 g/mol. The molecule has 0 spiro atoms. The van der Waals surface area contributed by atoms with Gasteiger partial charge in [-0.15, -0.1) is 0 Å². The summed E-state index contributed by atoms with van der Waals surface area (Å²) in [5, 5.41) is 0.151. The number of fused-ring (bicyclic) bond motifs is 1. The Kier molecular flexibility index (Phi) is 8.55. The third-order valence-electron chi connectivity index (χ3n) is 4.65. The number of benzene rings is 2. The average Bonchev–Trinajstić information content (AvgIpc) is 2.77. The van der Waals surface area contributed by atoms with Crippen LogP contribution in [0.25, 0.3) is 0 Å². The Labute approximate surface area is 194 Å². The van der Waals surface area contributed by atoms with Crippen molar-refractivity contribution in [3.63, 3.8) is 0 Å². The molecule has 3 rings (SSSR count). The molecule has 2 aromatic carbocycles. The minimum absolute atomic E-state index is 0.00725. The monoisotopic (exact) mass is 488 g/mol. The summed E-state index contributed by atoms with van der Waals surface area (Å²) in [6, 6.07) is 9.58. The lowest BCUT2D eigenvalue weighted by atomic mass is 10.0. The topological polar surface area (TPSA) is 63.2 Å². The van der Waals surface area contributed by atoms with Crippen LogP contribution >= 0.6 is 11.6 Å². The van der Waals surface area contributed by atoms with Crippen molar-refractivity contribution in [2.45, 2.75) is 38.5 Å². The van der Waals surface area contributed by atoms with E-state index in [1.807, 2.05) is 12.1 Å². The van der Waals surface area contributed by atoms with Crippen LogP contribution in [0.1, 0.15) is 25.3 Å². The second kappa shape index (κ2) is 11.4. The number of rotatable bonds is 10. The first-order valence-electron chi connectivity index (χ1n) is 10.5. The lowest BCUT2D eigenvalue weighted by Crippen LogP contribution is -2.32. The van der Waals surface area contributed by atoms with Gasteiger partial charge < -0.3 is 23.7 Å². The highest BCUT2D eigenvalue weighted by atomic mass is 35.5. The zero-order valence-electron chi connectivity index (χ0n) is 18.0. The van der Waals surface area contributed by atoms with Crippen molar-refractivity contribution in [1.29, 1.82) is 0 Å². The number of ether oxygens (including phenoxy) is 5. The van der Waals surface area contributed by atoms with E-state index >= 15 is 0 Å². The average molecular weight is 489 g/mol. The van der Waals surface area contributed by atoms with Crippen LogP contribution in [0.2, 0.25) is 5.02 Å². The van der Waals surface area contributed by atoms with E-state index in [2.05, 4.69) is 4.74 Å². The molecule has 0 fully saturated rings. The van der Waals surface area contributed by atoms with Crippen LogP contribution in [-0.2, 0) is 16.0 Å². The van der Waals surface area contributed by atoms with Crippen LogP contribution in [0.15, 0.2) is 36.4 Å². The number of halogens is 4. The first-order chi connectivity index (χ1) is 15.7. The zero-order chi connectivity index (χ0) is 23.8. The molecule has 1 unspecified atom stereocenters. The molecular formula is C23H24ClF3O6. The first kappa shape index (κ1) is 24.8. The number of esters is 1. The summed E-state index contributed by atoms with van der Waals surface area (Å²) in [6.07, 6.45) is -3.22. The van der Waals surface area contributed by atoms with Gasteiger partial charge in [-0.25, -0.2) is 4.79 Å². The van der Waals surface area contributed by atoms with Crippen molar-refractivity contribution < 1.29 is 41.7 Å². The highest BCUT2D eigenvalue weighted by Gasteiger charge is 2.29. The summed E-state index contributed by atoms with van der Waals surface area (Å²) >= 11 is 6.04. The molecule has 2 aromatic rings. The van der Waals surface area contributed by atoms with Gasteiger partial charge in [0.15, 0.2) is 12.7 Å². The van der Waals surface area contributed by atoms with Gasteiger partial charge in [-0.2, -0.15) is 13.2 Å². The molecule has 1 atom stereocenters. The van der Waals surface area contributed by atoms with Gasteiger partial charge in [-0.1, -0.05) is 17.7 Å². The predicted molar refractivity (Wildman–Crippen MR) is 114 cm³/mol. The SMILES string of the molecule is CCOC(=O)C1CCc2ccc(OCCCOc3ccc(OCC(F)(F)F)cc3Cl)cc2O1. The standard InChI is InChI=1S/C23H24ClF3O6/c1-2-29-22(28)20-8-5-15-4-6-17(13-21(15)33-20)30-10-3-11-31-19-9-7-16(12-18(19)24)32-14-23(25,26)27/h4,6-7,9,12-13,20H,2-3,5,8,10-11,14H2,1H3. The number of alkyl halides is 3. The molecule has 180 valence electrons. The smallest absolute Gasteiger partial charge is 0.422 e. The van der Waals surface area contributed by atoms with Gasteiger partial charge in [0.05, 0.1) is 24.8 Å². The van der Waals surface area contributed by atoms with Crippen LogP contribution in [0, 0.1) is 0 Å². The summed E-state index contributed by atoms with van der Waals surface area (Å²) in [6.45, 7) is 1.30. The summed E-state index contributed by atoms with van der Waals surface area (Å²) in [5.74, 6) is 1.18. The van der Waals surface area contributed by atoms with Crippen molar-refractivity contribution >= 4 is 17.6 Å². The number of hydrogen-bond acceptors (Lipinski definition) is 6. The van der Waals surface area contributed by atoms with Crippen LogP contribution < -0.4 is 18.9 Å². The number of carbonyl (C=O) groups excluding carboxylic acids is 1. The van der Waals surface area contributed by atoms with E-state index in [1.54, 1.807) is 13.0 Å². The molecule has 6 nitrogen and oxygen atoms in total. The third-order valence-corrected chi connectivity index (χ3v) is 4.95. The van der Waals surface area contributed by atoms with Crippen molar-refractivity contribution in [2.24, 2.45) is 0 Å². The number of carbonyl (C=O) groups is 1. The number of aryl methyl sites for hydroxylation is 1. The highest BCUT2D eigenvalue weighted by Crippen LogP contribution is 2.32. The van der Waals surface area contributed by atoms with Crippen molar-refractivity contribution in [3.8, 4) is 23.0 Å². The Bertz CT molecular complexity index is 950. The van der Waals surface area contributed by atoms with Gasteiger partial charge in [0.1, 0.15) is 23.0 Å².